The summed E-state index contributed by atoms with van der Waals surface area (Å²) in [4.78, 5) is 48.3. The highest BCUT2D eigenvalue weighted by Crippen LogP contribution is 2.05. The fourth-order valence-corrected chi connectivity index (χ4v) is 0.329. The lowest BCUT2D eigenvalue weighted by atomic mass is 10.2. The molecule has 0 radical (unpaired) electrons. The summed E-state index contributed by atoms with van der Waals surface area (Å²) >= 11 is 0. The molecule has 0 aliphatic carbocycles. The summed E-state index contributed by atoms with van der Waals surface area (Å²) in [5.41, 5.74) is 4.11. The Labute approximate surface area is 225 Å². The Bertz CT molecular complexity index is 420. The van der Waals surface area contributed by atoms with Crippen LogP contribution in [-0.4, -0.2) is 88.3 Å². The van der Waals surface area contributed by atoms with Gasteiger partial charge in [-0.1, -0.05) is 22.3 Å². The van der Waals surface area contributed by atoms with Gasteiger partial charge in [0.1, 0.15) is 5.60 Å². The van der Waals surface area contributed by atoms with Gasteiger partial charge >= 0.3 is 24.0 Å². The molecule has 0 atom stereocenters. The predicted molar refractivity (Wildman–Crippen MR) is 147 cm³/mol. The Kier molecular flexibility index (Phi) is 113. The highest BCUT2D eigenvalue weighted by molar-refractivity contribution is 5.85. The minimum atomic E-state index is -0.833. The maximum atomic E-state index is 10.5. The molecule has 14 heteroatoms. The molecule has 0 rings (SSSR count). The maximum absolute atomic E-state index is 10.5. The van der Waals surface area contributed by atoms with E-state index in [2.05, 4.69) is 25.3 Å². The van der Waals surface area contributed by atoms with Crippen LogP contribution in [0.5, 0.6) is 0 Å². The number of alkyl carbamates (subject to hydrolysis) is 1. The number of carboxylic acid groups (broad SMARTS) is 1. The summed E-state index contributed by atoms with van der Waals surface area (Å²) in [6, 6.07) is 0. The fourth-order valence-electron chi connectivity index (χ4n) is 0.329. The minimum absolute atomic E-state index is 0. The number of aliphatic hydroxyl groups is 1. The van der Waals surface area contributed by atoms with Crippen molar-refractivity contribution < 1.29 is 53.1 Å². The molecule has 0 spiro atoms. The second kappa shape index (κ2) is 58.3. The predicted octanol–water partition coefficient (Wildman–Crippen LogP) is 3.28. The molecule has 0 saturated carbocycles. The first-order valence-corrected chi connectivity index (χ1v) is 8.76. The molecule has 228 valence electrons. The Morgan fingerprint density at radius 3 is 0.861 bits per heavy atom. The molecule has 0 fully saturated rings. The zero-order chi connectivity index (χ0) is 27.9. The van der Waals surface area contributed by atoms with E-state index in [9.17, 15) is 19.2 Å². The summed E-state index contributed by atoms with van der Waals surface area (Å²) in [5, 5.41) is 16.8. The number of carbonyl (C=O) groups is 5. The van der Waals surface area contributed by atoms with Gasteiger partial charge in [0.25, 0.3) is 5.97 Å². The van der Waals surface area contributed by atoms with Gasteiger partial charge in [0.05, 0.1) is 21.3 Å². The van der Waals surface area contributed by atoms with E-state index in [1.807, 2.05) is 20.8 Å². The number of methoxy groups -OCH3 is 3. The molecule has 0 saturated heterocycles. The highest BCUT2D eigenvalue weighted by atomic mass is 35.5. The lowest BCUT2D eigenvalue weighted by Gasteiger charge is -2.18. The van der Waals surface area contributed by atoms with Gasteiger partial charge in [0.2, 0.25) is 0 Å². The summed E-state index contributed by atoms with van der Waals surface area (Å²) in [6.45, 7) is 10.6. The van der Waals surface area contributed by atoms with Crippen molar-refractivity contribution in [1.29, 1.82) is 0 Å². The molecule has 0 aliphatic rings. The number of hydrogen-bond donors (Lipinski definition) is 4. The molecule has 5 N–H and O–H groups in total. The number of nitrogens with two attached hydrogens (primary N) is 1. The van der Waals surface area contributed by atoms with Crippen LogP contribution < -0.4 is 11.1 Å². The summed E-state index contributed by atoms with van der Waals surface area (Å²) < 4.78 is 17.2. The number of aliphatic carboxylic acids is 1. The summed E-state index contributed by atoms with van der Waals surface area (Å²) in [5.74, 6) is -1.57. The first-order valence-electron chi connectivity index (χ1n) is 8.76. The van der Waals surface area contributed by atoms with Crippen LogP contribution in [0.25, 0.3) is 0 Å². The number of nitrogens with one attached hydrogen (secondary N) is 1. The van der Waals surface area contributed by atoms with Crippen LogP contribution in [0.2, 0.25) is 0 Å². The van der Waals surface area contributed by atoms with Crippen LogP contribution in [0.1, 0.15) is 70.7 Å². The molecule has 0 bridgehead atoms. The Morgan fingerprint density at radius 2 is 0.833 bits per heavy atom. The smallest absolute Gasteiger partial charge is 0.407 e. The van der Waals surface area contributed by atoms with E-state index in [1.165, 1.54) is 56.2 Å². The monoisotopic (exact) mass is 560 g/mol. The largest absolute Gasteiger partial charge is 0.481 e. The van der Waals surface area contributed by atoms with Gasteiger partial charge in [-0.05, 0) is 27.8 Å². The number of carboxylic acids is 1. The van der Waals surface area contributed by atoms with E-state index >= 15 is 0 Å². The normalized spacial score (nSPS) is 6.53. The van der Waals surface area contributed by atoms with Gasteiger partial charge in [-0.25, -0.2) is 4.79 Å². The second-order valence-corrected chi connectivity index (χ2v) is 5.36. The molecule has 0 heterocycles. The molecule has 0 unspecified atom stereocenters. The van der Waals surface area contributed by atoms with Crippen molar-refractivity contribution in [3.63, 3.8) is 0 Å². The summed E-state index contributed by atoms with van der Waals surface area (Å²) in [7, 11) is 8.08. The molecule has 0 aromatic carbocycles. The average molecular weight is 561 g/mol. The lowest BCUT2D eigenvalue weighted by Crippen LogP contribution is -2.30. The topological polar surface area (TPSA) is 201 Å². The van der Waals surface area contributed by atoms with Crippen LogP contribution in [0.3, 0.4) is 0 Å². The minimum Gasteiger partial charge on any atom is -0.481 e. The van der Waals surface area contributed by atoms with Crippen molar-refractivity contribution >= 4 is 42.4 Å². The number of amides is 1. The molecule has 0 aliphatic heterocycles. The van der Waals surface area contributed by atoms with E-state index in [0.717, 1.165) is 14.0 Å². The molecule has 0 aromatic rings. The van der Waals surface area contributed by atoms with Gasteiger partial charge in [-0.3, -0.25) is 19.2 Å². The van der Waals surface area contributed by atoms with Crippen molar-refractivity contribution in [1.82, 2.24) is 5.32 Å². The van der Waals surface area contributed by atoms with Crippen molar-refractivity contribution in [3.8, 4) is 0 Å². The molecular weight excluding hydrogens is 504 g/mol. The number of rotatable bonds is 0. The van der Waals surface area contributed by atoms with E-state index in [0.29, 0.717) is 0 Å². The zero-order valence-corrected chi connectivity index (χ0v) is 22.9. The molecule has 1 amide bonds. The molecular formula is C22H57ClN2O11. The van der Waals surface area contributed by atoms with Crippen molar-refractivity contribution in [3.05, 3.63) is 0 Å². The number of carbonyl (C=O) groups excluding carboxylic acids is 4. The van der Waals surface area contributed by atoms with Gasteiger partial charge in [-0.15, -0.1) is 12.4 Å². The molecule has 13 nitrogen and oxygen atoms in total. The highest BCUT2D eigenvalue weighted by Gasteiger charge is 2.13. The molecule has 36 heavy (non-hydrogen) atoms. The SMILES string of the molecule is C.C.C.CC(=O)O.CN.CNC(=O)OC(C)(C)C.CO.COC(C)=O.COC(C)=O.COC(C)=O.Cl. The summed E-state index contributed by atoms with van der Waals surface area (Å²) in [6.07, 6.45) is -0.387. The third-order valence-corrected chi connectivity index (χ3v) is 1.47. The van der Waals surface area contributed by atoms with E-state index < -0.39 is 5.97 Å². The van der Waals surface area contributed by atoms with Crippen LogP contribution in [-0.2, 0) is 38.1 Å². The molecule has 0 aromatic heterocycles. The van der Waals surface area contributed by atoms with Crippen LogP contribution in [0.15, 0.2) is 0 Å². The number of aliphatic hydroxyl groups excluding tert-OH is 1. The average Bonchev–Trinajstić information content (AvgIpc) is 2.70. The second-order valence-electron chi connectivity index (χ2n) is 5.36. The van der Waals surface area contributed by atoms with Crippen molar-refractivity contribution in [2.24, 2.45) is 5.73 Å². The van der Waals surface area contributed by atoms with Crippen LogP contribution >= 0.6 is 12.4 Å². The number of esters is 3. The van der Waals surface area contributed by atoms with E-state index in [1.54, 1.807) is 0 Å². The Hall–Kier alpha value is -2.64. The zero-order valence-electron chi connectivity index (χ0n) is 22.1. The van der Waals surface area contributed by atoms with Gasteiger partial charge < -0.3 is 40.2 Å². The third kappa shape index (κ3) is 269. The van der Waals surface area contributed by atoms with Crippen LogP contribution in [0.4, 0.5) is 4.79 Å². The number of ether oxygens (including phenoxy) is 4. The number of hydrogen-bond acceptors (Lipinski definition) is 11. The van der Waals surface area contributed by atoms with E-state index in [-0.39, 0.29) is 64.3 Å². The number of halogens is 1. The Balaban J connectivity index is -0.0000000232. The van der Waals surface area contributed by atoms with E-state index in [4.69, 9.17) is 19.7 Å². The van der Waals surface area contributed by atoms with Crippen molar-refractivity contribution in [2.75, 3.05) is 42.5 Å². The fraction of sp³-hybridized carbons (Fsp3) is 0.773. The van der Waals surface area contributed by atoms with Crippen LogP contribution in [0, 0.1) is 0 Å². The first kappa shape index (κ1) is 69.9. The quantitative estimate of drug-likeness (QED) is 0.249. The maximum Gasteiger partial charge on any atom is 0.407 e. The lowest BCUT2D eigenvalue weighted by molar-refractivity contribution is -0.138. The first-order chi connectivity index (χ1) is 14.5. The Morgan fingerprint density at radius 1 is 0.694 bits per heavy atom. The van der Waals surface area contributed by atoms with Gasteiger partial charge in [-0.2, -0.15) is 0 Å². The third-order valence-electron chi connectivity index (χ3n) is 1.47. The van der Waals surface area contributed by atoms with Crippen molar-refractivity contribution in [2.45, 2.75) is 76.3 Å². The van der Waals surface area contributed by atoms with Gasteiger partial charge in [0, 0.05) is 41.9 Å². The van der Waals surface area contributed by atoms with Gasteiger partial charge in [0.15, 0.2) is 0 Å². The standard InChI is InChI=1S/C6H13NO2.3C3H6O2.C2H4O2.CH5N.CH4O.3CH4.ClH/c1-6(2,3)9-5(8)7-4;3*1-3(4)5-2;1-2(3)4;2*1-2;;;;/h1-4H3,(H,7,8);3*1-2H3;1H3,(H,3,4);2H2,1H3;2H,1H3;3*1H4;1H.